The SMILES string of the molecule is Cc1nn(C(C)C)c(N(C)CC2CCCNC2)c1[N+](=O)[O-]. The molecule has 1 saturated heterocycles. The fourth-order valence-corrected chi connectivity index (χ4v) is 3.01. The summed E-state index contributed by atoms with van der Waals surface area (Å²) in [4.78, 5) is 13.1. The van der Waals surface area contributed by atoms with E-state index in [2.05, 4.69) is 10.4 Å². The van der Waals surface area contributed by atoms with Gasteiger partial charge in [-0.2, -0.15) is 5.10 Å². The maximum absolute atomic E-state index is 11.4. The summed E-state index contributed by atoms with van der Waals surface area (Å²) in [5.74, 6) is 1.15. The molecular formula is C14H25N5O2. The van der Waals surface area contributed by atoms with E-state index in [0.717, 1.165) is 19.6 Å². The zero-order valence-corrected chi connectivity index (χ0v) is 13.3. The minimum atomic E-state index is -0.313. The standard InChI is InChI=1S/C14H25N5O2/c1-10(2)18-14(13(19(20)21)11(3)16-18)17(4)9-12-6-5-7-15-8-12/h10,12,15H,5-9H2,1-4H3. The molecule has 1 aromatic heterocycles. The van der Waals surface area contributed by atoms with E-state index in [1.807, 2.05) is 25.8 Å². The Kier molecular flexibility index (Phi) is 4.82. The number of nitrogens with zero attached hydrogens (tertiary/aromatic N) is 4. The lowest BCUT2D eigenvalue weighted by Gasteiger charge is -2.29. The first-order valence-electron chi connectivity index (χ1n) is 7.57. The molecule has 0 aromatic carbocycles. The highest BCUT2D eigenvalue weighted by molar-refractivity contribution is 5.61. The van der Waals surface area contributed by atoms with Crippen molar-refractivity contribution in [1.82, 2.24) is 15.1 Å². The minimum Gasteiger partial charge on any atom is -0.354 e. The van der Waals surface area contributed by atoms with Gasteiger partial charge in [-0.05, 0) is 52.6 Å². The maximum atomic E-state index is 11.4. The predicted octanol–water partition coefficient (Wildman–Crippen LogP) is 2.12. The van der Waals surface area contributed by atoms with Gasteiger partial charge in [0.2, 0.25) is 5.82 Å². The largest absolute Gasteiger partial charge is 0.354 e. The van der Waals surface area contributed by atoms with Crippen LogP contribution in [0.1, 0.15) is 38.4 Å². The zero-order chi connectivity index (χ0) is 15.6. The van der Waals surface area contributed by atoms with Crippen LogP contribution in [0.3, 0.4) is 0 Å². The van der Waals surface area contributed by atoms with E-state index in [9.17, 15) is 10.1 Å². The first-order valence-corrected chi connectivity index (χ1v) is 7.57. The molecule has 1 fully saturated rings. The van der Waals surface area contributed by atoms with Crippen molar-refractivity contribution in [2.24, 2.45) is 5.92 Å². The Bertz CT molecular complexity index is 506. The molecule has 1 aromatic rings. The van der Waals surface area contributed by atoms with Crippen LogP contribution in [-0.4, -0.2) is 41.4 Å². The first-order chi connectivity index (χ1) is 9.91. The fraction of sp³-hybridized carbons (Fsp3) is 0.786. The van der Waals surface area contributed by atoms with E-state index in [0.29, 0.717) is 17.4 Å². The van der Waals surface area contributed by atoms with Crippen molar-refractivity contribution >= 4 is 11.5 Å². The molecule has 0 spiro atoms. The Morgan fingerprint density at radius 2 is 2.29 bits per heavy atom. The first kappa shape index (κ1) is 15.8. The van der Waals surface area contributed by atoms with Gasteiger partial charge < -0.3 is 10.2 Å². The molecule has 21 heavy (non-hydrogen) atoms. The van der Waals surface area contributed by atoms with Crippen molar-refractivity contribution in [3.63, 3.8) is 0 Å². The van der Waals surface area contributed by atoms with Crippen LogP contribution in [0.2, 0.25) is 0 Å². The quantitative estimate of drug-likeness (QED) is 0.665. The Morgan fingerprint density at radius 1 is 1.57 bits per heavy atom. The number of hydrogen-bond acceptors (Lipinski definition) is 5. The summed E-state index contributed by atoms with van der Waals surface area (Å²) in [5.41, 5.74) is 0.618. The summed E-state index contributed by atoms with van der Waals surface area (Å²) in [6.45, 7) is 8.56. The monoisotopic (exact) mass is 295 g/mol. The number of nitrogens with one attached hydrogen (secondary N) is 1. The van der Waals surface area contributed by atoms with Crippen molar-refractivity contribution in [3.8, 4) is 0 Å². The molecule has 2 heterocycles. The fourth-order valence-electron chi connectivity index (χ4n) is 3.01. The molecule has 0 radical (unpaired) electrons. The molecule has 2 rings (SSSR count). The predicted molar refractivity (Wildman–Crippen MR) is 82.9 cm³/mol. The molecular weight excluding hydrogens is 270 g/mol. The Morgan fingerprint density at radius 3 is 2.81 bits per heavy atom. The van der Waals surface area contributed by atoms with Gasteiger partial charge in [0, 0.05) is 19.6 Å². The lowest BCUT2D eigenvalue weighted by Crippen LogP contribution is -2.37. The highest BCUT2D eigenvalue weighted by atomic mass is 16.6. The molecule has 1 aliphatic rings. The molecule has 7 heteroatoms. The summed E-state index contributed by atoms with van der Waals surface area (Å²) in [7, 11) is 1.93. The van der Waals surface area contributed by atoms with Gasteiger partial charge in [-0.15, -0.1) is 0 Å². The van der Waals surface area contributed by atoms with E-state index in [-0.39, 0.29) is 16.7 Å². The number of piperidine rings is 1. The Labute approximate surface area is 125 Å². The van der Waals surface area contributed by atoms with E-state index >= 15 is 0 Å². The van der Waals surface area contributed by atoms with Crippen LogP contribution in [0.5, 0.6) is 0 Å². The van der Waals surface area contributed by atoms with Crippen molar-refractivity contribution in [2.75, 3.05) is 31.6 Å². The third kappa shape index (κ3) is 3.34. The molecule has 1 atom stereocenters. The highest BCUT2D eigenvalue weighted by Gasteiger charge is 2.30. The molecule has 1 aliphatic heterocycles. The molecule has 0 saturated carbocycles. The topological polar surface area (TPSA) is 76.2 Å². The normalized spacial score (nSPS) is 19.0. The van der Waals surface area contributed by atoms with Crippen LogP contribution in [0.25, 0.3) is 0 Å². The van der Waals surface area contributed by atoms with E-state index in [4.69, 9.17) is 0 Å². The minimum absolute atomic E-state index is 0.0966. The molecule has 0 amide bonds. The van der Waals surface area contributed by atoms with Gasteiger partial charge in [-0.1, -0.05) is 0 Å². The van der Waals surface area contributed by atoms with Crippen molar-refractivity contribution < 1.29 is 4.92 Å². The van der Waals surface area contributed by atoms with E-state index in [1.54, 1.807) is 11.6 Å². The molecule has 7 nitrogen and oxygen atoms in total. The van der Waals surface area contributed by atoms with Crippen LogP contribution in [0, 0.1) is 23.0 Å². The third-order valence-corrected chi connectivity index (χ3v) is 3.99. The number of nitro groups is 1. The van der Waals surface area contributed by atoms with Gasteiger partial charge in [0.15, 0.2) is 0 Å². The van der Waals surface area contributed by atoms with Gasteiger partial charge in [0.25, 0.3) is 0 Å². The van der Waals surface area contributed by atoms with Crippen LogP contribution >= 0.6 is 0 Å². The third-order valence-electron chi connectivity index (χ3n) is 3.99. The second-order valence-electron chi connectivity index (χ2n) is 6.15. The van der Waals surface area contributed by atoms with Gasteiger partial charge in [0.1, 0.15) is 5.69 Å². The van der Waals surface area contributed by atoms with Gasteiger partial charge in [-0.3, -0.25) is 10.1 Å². The number of hydrogen-bond donors (Lipinski definition) is 1. The maximum Gasteiger partial charge on any atom is 0.333 e. The van der Waals surface area contributed by atoms with Gasteiger partial charge in [-0.25, -0.2) is 4.68 Å². The average molecular weight is 295 g/mol. The number of rotatable bonds is 5. The van der Waals surface area contributed by atoms with Gasteiger partial charge >= 0.3 is 5.69 Å². The van der Waals surface area contributed by atoms with Crippen LogP contribution < -0.4 is 10.2 Å². The zero-order valence-electron chi connectivity index (χ0n) is 13.3. The summed E-state index contributed by atoms with van der Waals surface area (Å²) < 4.78 is 1.77. The average Bonchev–Trinajstić information content (AvgIpc) is 2.78. The summed E-state index contributed by atoms with van der Waals surface area (Å²) >= 11 is 0. The lowest BCUT2D eigenvalue weighted by molar-refractivity contribution is -0.384. The molecule has 118 valence electrons. The van der Waals surface area contributed by atoms with Gasteiger partial charge in [0.05, 0.1) is 4.92 Å². The number of aromatic nitrogens is 2. The van der Waals surface area contributed by atoms with E-state index < -0.39 is 0 Å². The van der Waals surface area contributed by atoms with Crippen molar-refractivity contribution in [3.05, 3.63) is 15.8 Å². The Balaban J connectivity index is 2.29. The second kappa shape index (κ2) is 6.43. The second-order valence-corrected chi connectivity index (χ2v) is 6.15. The molecule has 1 unspecified atom stereocenters. The van der Waals surface area contributed by atoms with Crippen molar-refractivity contribution in [2.45, 2.75) is 39.7 Å². The summed E-state index contributed by atoms with van der Waals surface area (Å²) in [6.07, 6.45) is 2.34. The smallest absolute Gasteiger partial charge is 0.333 e. The van der Waals surface area contributed by atoms with Crippen molar-refractivity contribution in [1.29, 1.82) is 0 Å². The molecule has 1 N–H and O–H groups in total. The highest BCUT2D eigenvalue weighted by Crippen LogP contribution is 2.33. The lowest BCUT2D eigenvalue weighted by atomic mass is 9.99. The Hall–Kier alpha value is -1.63. The summed E-state index contributed by atoms with van der Waals surface area (Å²) in [5, 5.41) is 19.1. The number of aryl methyl sites for hydroxylation is 1. The van der Waals surface area contributed by atoms with Crippen LogP contribution in [0.4, 0.5) is 11.5 Å². The number of anilines is 1. The molecule has 0 aliphatic carbocycles. The van der Waals surface area contributed by atoms with Crippen LogP contribution in [0.15, 0.2) is 0 Å². The summed E-state index contributed by atoms with van der Waals surface area (Å²) in [6, 6.07) is 0.0966. The van der Waals surface area contributed by atoms with E-state index in [1.165, 1.54) is 12.8 Å². The van der Waals surface area contributed by atoms with Crippen LogP contribution in [-0.2, 0) is 0 Å². The molecule has 0 bridgehead atoms.